The first kappa shape index (κ1) is 58.0. The highest BCUT2D eigenvalue weighted by molar-refractivity contribution is 7.47. The lowest BCUT2D eigenvalue weighted by Crippen LogP contribution is -2.43. The first-order valence-electron chi connectivity index (χ1n) is 24.4. The third-order valence-electron chi connectivity index (χ3n) is 10.7. The van der Waals surface area contributed by atoms with Gasteiger partial charge < -0.3 is 25.2 Å². The van der Waals surface area contributed by atoms with Crippen LogP contribution in [0.5, 0.6) is 0 Å². The van der Waals surface area contributed by atoms with Crippen LogP contribution in [0.1, 0.15) is 232 Å². The number of phosphoric acid groups is 1. The third kappa shape index (κ3) is 42.6. The van der Waals surface area contributed by atoms with Gasteiger partial charge in [0, 0.05) is 12.8 Å². The van der Waals surface area contributed by atoms with Crippen molar-refractivity contribution < 1.29 is 47.8 Å². The molecule has 0 bridgehead atoms. The van der Waals surface area contributed by atoms with Crippen LogP contribution in [0.2, 0.25) is 0 Å². The monoisotopic (exact) mass is 872 g/mol. The van der Waals surface area contributed by atoms with E-state index in [1.54, 1.807) is 0 Å². The number of amides is 1. The molecule has 0 aromatic carbocycles. The molecule has 0 saturated heterocycles. The highest BCUT2D eigenvalue weighted by Gasteiger charge is 2.28. The zero-order chi connectivity index (χ0) is 44.2. The van der Waals surface area contributed by atoms with E-state index in [4.69, 9.17) is 13.8 Å². The first-order chi connectivity index (χ1) is 29.1. The molecule has 0 aliphatic rings. The van der Waals surface area contributed by atoms with E-state index in [-0.39, 0.29) is 12.8 Å². The van der Waals surface area contributed by atoms with E-state index in [0.717, 1.165) is 57.8 Å². The van der Waals surface area contributed by atoms with E-state index in [1.165, 1.54) is 135 Å². The Morgan fingerprint density at radius 3 is 1.28 bits per heavy atom. The Balaban J connectivity index is 3.82. The van der Waals surface area contributed by atoms with Crippen molar-refractivity contribution in [2.45, 2.75) is 244 Å². The Kier molecular flexibility index (Phi) is 42.1. The number of nitrogens with one attached hydrogen (secondary N) is 1. The number of allylic oxidation sites excluding steroid dienone is 4. The molecule has 3 atom stereocenters. The van der Waals surface area contributed by atoms with Gasteiger partial charge in [0.15, 0.2) is 6.04 Å². The van der Waals surface area contributed by atoms with Gasteiger partial charge in [0.25, 0.3) is 0 Å². The van der Waals surface area contributed by atoms with Crippen molar-refractivity contribution in [1.82, 2.24) is 5.32 Å². The summed E-state index contributed by atoms with van der Waals surface area (Å²) in [6.45, 7) is 2.59. The Bertz CT molecular complexity index is 1120. The number of carbonyl (C=O) groups excluding carboxylic acids is 2. The van der Waals surface area contributed by atoms with Crippen LogP contribution < -0.4 is 5.32 Å². The second-order valence-electron chi connectivity index (χ2n) is 16.6. The van der Waals surface area contributed by atoms with Crippen LogP contribution in [-0.4, -0.2) is 64.9 Å². The van der Waals surface area contributed by atoms with Gasteiger partial charge in [-0.1, -0.05) is 179 Å². The van der Waals surface area contributed by atoms with Crippen LogP contribution in [0.15, 0.2) is 24.3 Å². The van der Waals surface area contributed by atoms with Crippen LogP contribution in [0, 0.1) is 0 Å². The molecule has 0 spiro atoms. The zero-order valence-electron chi connectivity index (χ0n) is 38.3. The third-order valence-corrected chi connectivity index (χ3v) is 11.7. The van der Waals surface area contributed by atoms with Crippen LogP contribution in [0.25, 0.3) is 0 Å². The van der Waals surface area contributed by atoms with E-state index in [9.17, 15) is 34.1 Å². The van der Waals surface area contributed by atoms with Crippen LogP contribution in [0.4, 0.5) is 0 Å². The number of hydrogen-bond acceptors (Lipinski definition) is 8. The maximum Gasteiger partial charge on any atom is 0.472 e. The number of aliphatic hydroxyl groups is 1. The fourth-order valence-corrected chi connectivity index (χ4v) is 7.67. The van der Waals surface area contributed by atoms with Crippen molar-refractivity contribution in [1.29, 1.82) is 0 Å². The van der Waals surface area contributed by atoms with E-state index >= 15 is 0 Å². The maximum absolute atomic E-state index is 12.4. The number of unbranched alkanes of at least 4 members (excludes halogenated alkanes) is 28. The van der Waals surface area contributed by atoms with Crippen molar-refractivity contribution in [3.8, 4) is 0 Å². The molecule has 12 heteroatoms. The van der Waals surface area contributed by atoms with Crippen LogP contribution in [0.3, 0.4) is 0 Å². The lowest BCUT2D eigenvalue weighted by molar-refractivity contribution is -0.147. The van der Waals surface area contributed by atoms with Gasteiger partial charge in [0.2, 0.25) is 5.91 Å². The number of aliphatic hydroxyl groups excluding tert-OH is 1. The van der Waals surface area contributed by atoms with Gasteiger partial charge >= 0.3 is 19.8 Å². The Labute approximate surface area is 366 Å². The number of esters is 1. The van der Waals surface area contributed by atoms with Crippen LogP contribution >= 0.6 is 7.82 Å². The summed E-state index contributed by atoms with van der Waals surface area (Å²) >= 11 is 0. The van der Waals surface area contributed by atoms with Gasteiger partial charge in [-0.2, -0.15) is 0 Å². The maximum atomic E-state index is 12.4. The van der Waals surface area contributed by atoms with E-state index in [0.29, 0.717) is 12.8 Å². The minimum atomic E-state index is -4.76. The summed E-state index contributed by atoms with van der Waals surface area (Å²) in [5.74, 6) is -2.37. The Hall–Kier alpha value is -2.04. The predicted molar refractivity (Wildman–Crippen MR) is 245 cm³/mol. The summed E-state index contributed by atoms with van der Waals surface area (Å²) in [4.78, 5) is 46.0. The van der Waals surface area contributed by atoms with Gasteiger partial charge in [-0.3, -0.25) is 18.6 Å². The smallest absolute Gasteiger partial charge is 0.472 e. The average molecular weight is 872 g/mol. The topological polar surface area (TPSA) is 169 Å². The largest absolute Gasteiger partial charge is 0.480 e. The molecular weight excluding hydrogens is 781 g/mol. The Morgan fingerprint density at radius 2 is 0.867 bits per heavy atom. The van der Waals surface area contributed by atoms with Gasteiger partial charge in [-0.15, -0.1) is 0 Å². The molecule has 0 heterocycles. The summed E-state index contributed by atoms with van der Waals surface area (Å²) in [7, 11) is -4.76. The predicted octanol–water partition coefficient (Wildman–Crippen LogP) is 13.0. The standard InChI is InChI=1S/C48H90NO10P/c1-3-5-7-9-11-13-15-17-18-19-20-21-22-23-24-25-26-28-29-31-33-35-37-39-46(51)49-45(48(53)54)43-59-60(55,56)58-42-44(50)41-57-47(52)40-38-36-34-32-30-27-16-14-12-10-8-6-4-2/h14,16-18,44-45,50H,3-13,15,19-43H2,1-2H3,(H,49,51)(H,53,54)(H,55,56)/b16-14-,18-17+. The van der Waals surface area contributed by atoms with E-state index < -0.39 is 57.6 Å². The molecule has 0 aliphatic heterocycles. The molecule has 4 N–H and O–H groups in total. The second kappa shape index (κ2) is 43.6. The number of ether oxygens (including phenoxy) is 1. The molecule has 0 radical (unpaired) electrons. The van der Waals surface area contributed by atoms with Crippen LogP contribution in [-0.2, 0) is 32.7 Å². The van der Waals surface area contributed by atoms with Gasteiger partial charge in [-0.25, -0.2) is 9.36 Å². The molecule has 3 unspecified atom stereocenters. The summed E-state index contributed by atoms with van der Waals surface area (Å²) in [5.41, 5.74) is 0. The first-order valence-corrected chi connectivity index (χ1v) is 25.9. The molecular formula is C48H90NO10P. The summed E-state index contributed by atoms with van der Waals surface area (Å²) in [5, 5.41) is 21.9. The van der Waals surface area contributed by atoms with E-state index in [1.807, 2.05) is 0 Å². The Morgan fingerprint density at radius 1 is 0.517 bits per heavy atom. The quantitative estimate of drug-likeness (QED) is 0.0200. The highest BCUT2D eigenvalue weighted by atomic mass is 31.2. The summed E-state index contributed by atoms with van der Waals surface area (Å²) in [6.07, 6.45) is 46.3. The van der Waals surface area contributed by atoms with Crippen molar-refractivity contribution in [3.63, 3.8) is 0 Å². The fraction of sp³-hybridized carbons (Fsp3) is 0.854. The fourth-order valence-electron chi connectivity index (χ4n) is 6.89. The molecule has 0 fully saturated rings. The number of hydrogen-bond donors (Lipinski definition) is 4. The molecule has 0 aliphatic carbocycles. The molecule has 0 aromatic rings. The number of carboxylic acid groups (broad SMARTS) is 1. The number of rotatable bonds is 46. The number of aliphatic carboxylic acids is 1. The molecule has 0 aromatic heterocycles. The summed E-state index contributed by atoms with van der Waals surface area (Å²) in [6, 6.07) is -1.55. The zero-order valence-corrected chi connectivity index (χ0v) is 39.2. The van der Waals surface area contributed by atoms with Crippen molar-refractivity contribution in [3.05, 3.63) is 24.3 Å². The van der Waals surface area contributed by atoms with Gasteiger partial charge in [-0.05, 0) is 64.2 Å². The molecule has 352 valence electrons. The molecule has 60 heavy (non-hydrogen) atoms. The average Bonchev–Trinajstić information content (AvgIpc) is 3.22. The number of phosphoric ester groups is 1. The molecule has 0 rings (SSSR count). The summed E-state index contributed by atoms with van der Waals surface area (Å²) < 4.78 is 26.9. The van der Waals surface area contributed by atoms with Crippen molar-refractivity contribution in [2.24, 2.45) is 0 Å². The number of carbonyl (C=O) groups is 3. The minimum absolute atomic E-state index is 0.147. The second-order valence-corrected chi connectivity index (χ2v) is 18.1. The van der Waals surface area contributed by atoms with Crippen molar-refractivity contribution in [2.75, 3.05) is 19.8 Å². The lowest BCUT2D eigenvalue weighted by Gasteiger charge is -2.18. The molecule has 11 nitrogen and oxygen atoms in total. The normalized spacial score (nSPS) is 13.8. The minimum Gasteiger partial charge on any atom is -0.480 e. The van der Waals surface area contributed by atoms with Crippen molar-refractivity contribution >= 4 is 25.7 Å². The SMILES string of the molecule is CCCCCC/C=C\CCCCCCCC(=O)OCC(O)COP(=O)(O)OCC(NC(=O)CCCCCCCCCCCCCCC/C=C/CCCCCCCC)C(=O)O. The highest BCUT2D eigenvalue weighted by Crippen LogP contribution is 2.43. The van der Waals surface area contributed by atoms with E-state index in [2.05, 4.69) is 43.5 Å². The van der Waals surface area contributed by atoms with Gasteiger partial charge in [0.1, 0.15) is 12.7 Å². The molecule has 0 saturated carbocycles. The lowest BCUT2D eigenvalue weighted by atomic mass is 10.0. The van der Waals surface area contributed by atoms with Gasteiger partial charge in [0.05, 0.1) is 13.2 Å². The molecule has 1 amide bonds. The number of carboxylic acids is 1.